The van der Waals surface area contributed by atoms with Gasteiger partial charge in [-0.15, -0.1) is 0 Å². The summed E-state index contributed by atoms with van der Waals surface area (Å²) in [6, 6.07) is 0. The Morgan fingerprint density at radius 3 is 2.60 bits per heavy atom. The zero-order valence-corrected chi connectivity index (χ0v) is 9.79. The molecule has 0 spiro atoms. The van der Waals surface area contributed by atoms with E-state index in [1.165, 1.54) is 0 Å². The third-order valence-corrected chi connectivity index (χ3v) is 2.71. The van der Waals surface area contributed by atoms with E-state index in [2.05, 4.69) is 19.2 Å². The minimum Gasteiger partial charge on any atom is -0.446 e. The van der Waals surface area contributed by atoms with Crippen molar-refractivity contribution in [2.45, 2.75) is 39.2 Å². The maximum absolute atomic E-state index is 11.7. The lowest BCUT2D eigenvalue weighted by Crippen LogP contribution is -2.47. The van der Waals surface area contributed by atoms with Crippen molar-refractivity contribution < 1.29 is 9.53 Å². The van der Waals surface area contributed by atoms with Gasteiger partial charge in [0.05, 0.1) is 0 Å². The summed E-state index contributed by atoms with van der Waals surface area (Å²) in [4.78, 5) is 13.5. The summed E-state index contributed by atoms with van der Waals surface area (Å²) in [5.74, 6) is 0. The first kappa shape index (κ1) is 12.3. The number of hydrogen-bond donors (Lipinski definition) is 1. The summed E-state index contributed by atoms with van der Waals surface area (Å²) in [6.45, 7) is 7.45. The molecule has 1 N–H and O–H groups in total. The lowest BCUT2D eigenvalue weighted by molar-refractivity contribution is 0.0538. The molecule has 1 fully saturated rings. The maximum Gasteiger partial charge on any atom is 0.410 e. The molecule has 4 nitrogen and oxygen atoms in total. The van der Waals surface area contributed by atoms with Gasteiger partial charge in [0.2, 0.25) is 0 Å². The highest BCUT2D eigenvalue weighted by atomic mass is 16.6. The van der Waals surface area contributed by atoms with Crippen LogP contribution in [0.5, 0.6) is 0 Å². The number of nitrogens with zero attached hydrogens (tertiary/aromatic N) is 1. The maximum atomic E-state index is 11.7. The fraction of sp³-hybridized carbons (Fsp3) is 0.909. The van der Waals surface area contributed by atoms with E-state index >= 15 is 0 Å². The van der Waals surface area contributed by atoms with E-state index < -0.39 is 0 Å². The van der Waals surface area contributed by atoms with Crippen molar-refractivity contribution in [2.75, 3.05) is 26.2 Å². The van der Waals surface area contributed by atoms with Gasteiger partial charge < -0.3 is 15.0 Å². The minimum absolute atomic E-state index is 0.0948. The van der Waals surface area contributed by atoms with E-state index in [0.29, 0.717) is 0 Å². The number of ether oxygens (including phenoxy) is 1. The van der Waals surface area contributed by atoms with Crippen LogP contribution in [0.1, 0.15) is 33.1 Å². The fourth-order valence-corrected chi connectivity index (χ4v) is 1.73. The van der Waals surface area contributed by atoms with Crippen LogP contribution in [0.15, 0.2) is 0 Å². The molecule has 4 heteroatoms. The van der Waals surface area contributed by atoms with Gasteiger partial charge in [0, 0.05) is 26.2 Å². The van der Waals surface area contributed by atoms with E-state index in [9.17, 15) is 4.79 Å². The molecule has 15 heavy (non-hydrogen) atoms. The van der Waals surface area contributed by atoms with Gasteiger partial charge in [-0.05, 0) is 12.8 Å². The quantitative estimate of drug-likeness (QED) is 0.773. The molecule has 1 unspecified atom stereocenters. The first-order valence-corrected chi connectivity index (χ1v) is 5.94. The van der Waals surface area contributed by atoms with Crippen molar-refractivity contribution in [1.82, 2.24) is 10.2 Å². The predicted octanol–water partition coefficient (Wildman–Crippen LogP) is 1.61. The number of carbonyl (C=O) groups is 1. The zero-order chi connectivity index (χ0) is 11.1. The second-order valence-corrected chi connectivity index (χ2v) is 3.94. The van der Waals surface area contributed by atoms with Crippen LogP contribution < -0.4 is 5.32 Å². The van der Waals surface area contributed by atoms with Crippen LogP contribution in [0.2, 0.25) is 0 Å². The molecule has 88 valence electrons. The first-order chi connectivity index (χ1) is 7.27. The second-order valence-electron chi connectivity index (χ2n) is 3.94. The van der Waals surface area contributed by atoms with Gasteiger partial charge in [-0.2, -0.15) is 0 Å². The summed E-state index contributed by atoms with van der Waals surface area (Å²) in [6.07, 6.45) is 2.89. The molecule has 1 aliphatic rings. The highest BCUT2D eigenvalue weighted by molar-refractivity contribution is 5.67. The van der Waals surface area contributed by atoms with Crippen molar-refractivity contribution in [1.29, 1.82) is 0 Å². The molecule has 1 amide bonds. The molecule has 1 saturated heterocycles. The molecule has 0 aromatic heterocycles. The average molecular weight is 214 g/mol. The number of piperazine rings is 1. The normalized spacial score (nSPS) is 18.7. The Labute approximate surface area is 92.0 Å². The van der Waals surface area contributed by atoms with Gasteiger partial charge in [0.25, 0.3) is 0 Å². The highest BCUT2D eigenvalue weighted by Crippen LogP contribution is 2.09. The Kier molecular flexibility index (Phi) is 5.47. The summed E-state index contributed by atoms with van der Waals surface area (Å²) < 4.78 is 5.44. The Hall–Kier alpha value is -0.770. The molecule has 0 bridgehead atoms. The zero-order valence-electron chi connectivity index (χ0n) is 9.79. The molecule has 1 aliphatic heterocycles. The monoisotopic (exact) mass is 214 g/mol. The summed E-state index contributed by atoms with van der Waals surface area (Å²) >= 11 is 0. The van der Waals surface area contributed by atoms with Crippen molar-refractivity contribution >= 4 is 6.09 Å². The van der Waals surface area contributed by atoms with Gasteiger partial charge in [-0.25, -0.2) is 4.79 Å². The van der Waals surface area contributed by atoms with Crippen LogP contribution in [0.4, 0.5) is 4.79 Å². The summed E-state index contributed by atoms with van der Waals surface area (Å²) in [7, 11) is 0. The van der Waals surface area contributed by atoms with Crippen LogP contribution >= 0.6 is 0 Å². The number of hydrogen-bond acceptors (Lipinski definition) is 3. The molecule has 1 heterocycles. The average Bonchev–Trinajstić information content (AvgIpc) is 2.29. The van der Waals surface area contributed by atoms with Crippen molar-refractivity contribution in [2.24, 2.45) is 0 Å². The van der Waals surface area contributed by atoms with Crippen LogP contribution in [-0.2, 0) is 4.74 Å². The highest BCUT2D eigenvalue weighted by Gasteiger charge is 2.20. The van der Waals surface area contributed by atoms with Crippen LogP contribution in [-0.4, -0.2) is 43.3 Å². The van der Waals surface area contributed by atoms with E-state index in [-0.39, 0.29) is 12.2 Å². The molecular formula is C11H22N2O2. The SMILES string of the molecule is CCCC(CC)OC(=O)N1CCNCC1. The lowest BCUT2D eigenvalue weighted by Gasteiger charge is -2.28. The molecule has 1 rings (SSSR count). The molecule has 1 atom stereocenters. The third-order valence-electron chi connectivity index (χ3n) is 2.71. The number of nitrogens with one attached hydrogen (secondary N) is 1. The first-order valence-electron chi connectivity index (χ1n) is 5.94. The van der Waals surface area contributed by atoms with E-state index in [4.69, 9.17) is 4.74 Å². The Morgan fingerprint density at radius 1 is 1.40 bits per heavy atom. The Bertz CT molecular complexity index is 191. The van der Waals surface area contributed by atoms with E-state index in [1.807, 2.05) is 0 Å². The third kappa shape index (κ3) is 4.08. The van der Waals surface area contributed by atoms with Gasteiger partial charge in [0.15, 0.2) is 0 Å². The van der Waals surface area contributed by atoms with Gasteiger partial charge in [-0.3, -0.25) is 0 Å². The molecule has 0 aromatic rings. The molecule has 0 radical (unpaired) electrons. The topological polar surface area (TPSA) is 41.6 Å². The summed E-state index contributed by atoms with van der Waals surface area (Å²) in [5.41, 5.74) is 0. The van der Waals surface area contributed by atoms with Gasteiger partial charge >= 0.3 is 6.09 Å². The summed E-state index contributed by atoms with van der Waals surface area (Å²) in [5, 5.41) is 3.21. The molecule has 0 saturated carbocycles. The molecular weight excluding hydrogens is 192 g/mol. The number of rotatable bonds is 4. The van der Waals surface area contributed by atoms with Crippen molar-refractivity contribution in [3.63, 3.8) is 0 Å². The van der Waals surface area contributed by atoms with Crippen LogP contribution in [0.3, 0.4) is 0 Å². The van der Waals surface area contributed by atoms with Gasteiger partial charge in [-0.1, -0.05) is 20.3 Å². The smallest absolute Gasteiger partial charge is 0.410 e. The standard InChI is InChI=1S/C11H22N2O2/c1-3-5-10(4-2)15-11(14)13-8-6-12-7-9-13/h10,12H,3-9H2,1-2H3. The molecule has 0 aromatic carbocycles. The predicted molar refractivity (Wildman–Crippen MR) is 59.9 cm³/mol. The Balaban J connectivity index is 2.31. The number of carbonyl (C=O) groups excluding carboxylic acids is 1. The van der Waals surface area contributed by atoms with Crippen molar-refractivity contribution in [3.05, 3.63) is 0 Å². The van der Waals surface area contributed by atoms with Crippen molar-refractivity contribution in [3.8, 4) is 0 Å². The van der Waals surface area contributed by atoms with E-state index in [0.717, 1.165) is 45.4 Å². The largest absolute Gasteiger partial charge is 0.446 e. The van der Waals surface area contributed by atoms with Crippen LogP contribution in [0, 0.1) is 0 Å². The number of amides is 1. The van der Waals surface area contributed by atoms with E-state index in [1.54, 1.807) is 4.90 Å². The molecule has 0 aliphatic carbocycles. The van der Waals surface area contributed by atoms with Gasteiger partial charge in [0.1, 0.15) is 6.10 Å². The fourth-order valence-electron chi connectivity index (χ4n) is 1.73. The Morgan fingerprint density at radius 2 is 2.07 bits per heavy atom. The second kappa shape index (κ2) is 6.67. The minimum atomic E-state index is -0.142. The lowest BCUT2D eigenvalue weighted by atomic mass is 10.2. The van der Waals surface area contributed by atoms with Crippen LogP contribution in [0.25, 0.3) is 0 Å².